The Balaban J connectivity index is 1.21. The quantitative estimate of drug-likeness (QED) is 0.107. The number of nitrogens with one attached hydrogen (secondary N) is 2. The summed E-state index contributed by atoms with van der Waals surface area (Å²) in [5.41, 5.74) is 13.1. The normalized spacial score (nSPS) is 12.6. The lowest BCUT2D eigenvalue weighted by Crippen LogP contribution is -2.42. The van der Waals surface area contributed by atoms with Crippen LogP contribution in [0.1, 0.15) is 41.2 Å². The van der Waals surface area contributed by atoms with Gasteiger partial charge in [0.2, 0.25) is 0 Å². The fraction of sp³-hybridized carbons (Fsp3) is 0.256. The number of quaternary nitrogens is 1. The average molecular weight is 664 g/mol. The van der Waals surface area contributed by atoms with E-state index in [1.807, 2.05) is 0 Å². The van der Waals surface area contributed by atoms with Crippen molar-refractivity contribution < 1.29 is 9.22 Å². The van der Waals surface area contributed by atoms with Gasteiger partial charge in [-0.2, -0.15) is 0 Å². The molecule has 7 heteroatoms. The number of H-pyrrole nitrogens is 2. The van der Waals surface area contributed by atoms with Gasteiger partial charge >= 0.3 is 0 Å². The fourth-order valence-electron chi connectivity index (χ4n) is 6.73. The molecule has 2 N–H and O–H groups in total. The zero-order valence-corrected chi connectivity index (χ0v) is 29.8. The lowest BCUT2D eigenvalue weighted by atomic mass is 10.0. The van der Waals surface area contributed by atoms with E-state index in [9.17, 15) is 0 Å². The van der Waals surface area contributed by atoms with Gasteiger partial charge in [0.05, 0.1) is 56.6 Å². The summed E-state index contributed by atoms with van der Waals surface area (Å²) >= 11 is 0. The lowest BCUT2D eigenvalue weighted by molar-refractivity contribution is -0.890. The van der Waals surface area contributed by atoms with Gasteiger partial charge in [0.25, 0.3) is 0 Å². The van der Waals surface area contributed by atoms with Gasteiger partial charge in [0.15, 0.2) is 0 Å². The van der Waals surface area contributed by atoms with Crippen LogP contribution in [0.5, 0.6) is 5.75 Å². The van der Waals surface area contributed by atoms with Gasteiger partial charge in [-0.1, -0.05) is 42.0 Å². The van der Waals surface area contributed by atoms with Crippen LogP contribution >= 0.6 is 0 Å². The number of aryl methyl sites for hydroxylation is 1. The molecule has 3 aromatic heterocycles. The highest BCUT2D eigenvalue weighted by Gasteiger charge is 2.16. The van der Waals surface area contributed by atoms with Crippen LogP contribution in [0.25, 0.3) is 68.6 Å². The van der Waals surface area contributed by atoms with Crippen LogP contribution in [0.3, 0.4) is 0 Å². The molecule has 2 aliphatic heterocycles. The lowest BCUT2D eigenvalue weighted by Gasteiger charge is -2.30. The smallest absolute Gasteiger partial charge is 0.119 e. The molecule has 0 amide bonds. The first-order valence-corrected chi connectivity index (χ1v) is 17.6. The summed E-state index contributed by atoms with van der Waals surface area (Å²) in [4.78, 5) is 19.7. The van der Waals surface area contributed by atoms with Gasteiger partial charge in [-0.3, -0.25) is 0 Å². The molecule has 0 saturated carbocycles. The molecule has 8 bridgehead atoms. The number of rotatable bonds is 11. The maximum absolute atomic E-state index is 6.20. The van der Waals surface area contributed by atoms with Crippen molar-refractivity contribution >= 4 is 46.4 Å². The van der Waals surface area contributed by atoms with Gasteiger partial charge in [-0.05, 0) is 105 Å². The SMILES string of the molecule is Cc1ccc(-c2c3nc(cc4ccc([nH]4)c(-c4ccc(OCCC[N+](C)(C)CCCN(C)C)cc4)c4nc(cc5ccc2[nH]5)C=C4)C=C3)cc1. The molecule has 0 fully saturated rings. The molecular weight excluding hydrogens is 617 g/mol. The van der Waals surface area contributed by atoms with Gasteiger partial charge in [0, 0.05) is 52.6 Å². The Morgan fingerprint density at radius 3 is 1.70 bits per heavy atom. The van der Waals surface area contributed by atoms with E-state index in [1.165, 1.54) is 18.5 Å². The first-order chi connectivity index (χ1) is 24.2. The number of hydrogen-bond donors (Lipinski definition) is 2. The van der Waals surface area contributed by atoms with E-state index in [0.29, 0.717) is 6.61 Å². The number of ether oxygens (including phenoxy) is 1. The summed E-state index contributed by atoms with van der Waals surface area (Å²) in [5, 5.41) is 0. The fourth-order valence-corrected chi connectivity index (χ4v) is 6.73. The average Bonchev–Trinajstić information content (AvgIpc) is 3.92. The molecule has 0 atom stereocenters. The summed E-state index contributed by atoms with van der Waals surface area (Å²) in [7, 11) is 8.89. The summed E-state index contributed by atoms with van der Waals surface area (Å²) < 4.78 is 7.21. The second-order valence-corrected chi connectivity index (χ2v) is 14.3. The van der Waals surface area contributed by atoms with Crippen molar-refractivity contribution in [1.29, 1.82) is 0 Å². The third-order valence-corrected chi connectivity index (χ3v) is 9.43. The molecule has 5 aromatic rings. The Bertz CT molecular complexity index is 2200. The summed E-state index contributed by atoms with van der Waals surface area (Å²) in [5.74, 6) is 0.882. The Morgan fingerprint density at radius 1 is 0.640 bits per heavy atom. The van der Waals surface area contributed by atoms with Crippen LogP contribution in [-0.2, 0) is 0 Å². The zero-order chi connectivity index (χ0) is 34.7. The minimum atomic E-state index is 0.701. The highest BCUT2D eigenvalue weighted by atomic mass is 16.5. The van der Waals surface area contributed by atoms with Gasteiger partial charge in [-0.25, -0.2) is 9.97 Å². The minimum Gasteiger partial charge on any atom is -0.493 e. The van der Waals surface area contributed by atoms with E-state index in [1.54, 1.807) is 0 Å². The third kappa shape index (κ3) is 7.80. The van der Waals surface area contributed by atoms with Crippen LogP contribution in [0, 0.1) is 6.92 Å². The molecule has 0 unspecified atom stereocenters. The molecule has 50 heavy (non-hydrogen) atoms. The molecule has 0 aliphatic carbocycles. The van der Waals surface area contributed by atoms with Gasteiger partial charge in [0.1, 0.15) is 5.75 Å². The number of benzene rings is 2. The summed E-state index contributed by atoms with van der Waals surface area (Å²) in [6.45, 7) is 6.20. The summed E-state index contributed by atoms with van der Waals surface area (Å²) in [6, 6.07) is 29.7. The second kappa shape index (κ2) is 14.3. The molecule has 7 nitrogen and oxygen atoms in total. The zero-order valence-electron chi connectivity index (χ0n) is 29.8. The summed E-state index contributed by atoms with van der Waals surface area (Å²) in [6.07, 6.45) is 10.6. The highest BCUT2D eigenvalue weighted by molar-refractivity contribution is 5.93. The molecule has 0 radical (unpaired) electrons. The first kappa shape index (κ1) is 33.3. The number of hydrogen-bond acceptors (Lipinski definition) is 4. The Hall–Kier alpha value is -5.24. The molecule has 0 spiro atoms. The predicted octanol–water partition coefficient (Wildman–Crippen LogP) is 9.10. The first-order valence-electron chi connectivity index (χ1n) is 17.6. The molecule has 5 heterocycles. The molecule has 0 saturated heterocycles. The van der Waals surface area contributed by atoms with Crippen LogP contribution in [0.15, 0.2) is 84.9 Å². The molecule has 2 aromatic carbocycles. The topological polar surface area (TPSA) is 69.8 Å². The maximum atomic E-state index is 6.20. The van der Waals surface area contributed by atoms with Gasteiger partial charge < -0.3 is 24.1 Å². The molecule has 7 rings (SSSR count). The minimum absolute atomic E-state index is 0.701. The van der Waals surface area contributed by atoms with Crippen LogP contribution in [-0.4, -0.2) is 83.8 Å². The van der Waals surface area contributed by atoms with Crippen LogP contribution in [0.4, 0.5) is 0 Å². The van der Waals surface area contributed by atoms with Crippen molar-refractivity contribution in [2.24, 2.45) is 0 Å². The molecular formula is C43H47N6O+. The van der Waals surface area contributed by atoms with Crippen molar-refractivity contribution in [3.05, 3.63) is 113 Å². The van der Waals surface area contributed by atoms with Crippen molar-refractivity contribution in [3.8, 4) is 28.0 Å². The third-order valence-electron chi connectivity index (χ3n) is 9.43. The maximum Gasteiger partial charge on any atom is 0.119 e. The predicted molar refractivity (Wildman–Crippen MR) is 210 cm³/mol. The van der Waals surface area contributed by atoms with E-state index >= 15 is 0 Å². The Labute approximate surface area is 295 Å². The number of nitrogens with zero attached hydrogens (tertiary/aromatic N) is 4. The Kier molecular flexibility index (Phi) is 9.52. The van der Waals surface area contributed by atoms with E-state index < -0.39 is 0 Å². The monoisotopic (exact) mass is 663 g/mol. The number of aromatic amines is 2. The van der Waals surface area contributed by atoms with Crippen LogP contribution < -0.4 is 4.74 Å². The standard InChI is InChI=1S/C43H47N6O/c1-30-8-10-31(11-9-30)42-38-20-14-33(44-38)28-35-16-22-40(46-35)43(41-23-17-36(47-41)29-34-15-21-39(42)45-34)32-12-18-37(19-13-32)50-27-7-26-49(4,5)25-6-24-48(2)3/h8-23,28-29,44,47H,6-7,24-27H2,1-5H3/q+1. The van der Waals surface area contributed by atoms with Gasteiger partial charge in [-0.15, -0.1) is 0 Å². The van der Waals surface area contributed by atoms with Crippen molar-refractivity contribution in [1.82, 2.24) is 24.8 Å². The van der Waals surface area contributed by atoms with E-state index in [0.717, 1.165) is 96.8 Å². The number of fused-ring (bicyclic) bond motifs is 8. The van der Waals surface area contributed by atoms with Crippen molar-refractivity contribution in [2.45, 2.75) is 19.8 Å². The number of aromatic nitrogens is 4. The molecule has 2 aliphatic rings. The van der Waals surface area contributed by atoms with Crippen LogP contribution in [0.2, 0.25) is 0 Å². The van der Waals surface area contributed by atoms with Crippen molar-refractivity contribution in [2.75, 3.05) is 54.4 Å². The molecule has 254 valence electrons. The van der Waals surface area contributed by atoms with E-state index in [2.05, 4.69) is 159 Å². The Morgan fingerprint density at radius 2 is 1.16 bits per heavy atom. The van der Waals surface area contributed by atoms with E-state index in [-0.39, 0.29) is 0 Å². The second-order valence-electron chi connectivity index (χ2n) is 14.3. The van der Waals surface area contributed by atoms with Crippen molar-refractivity contribution in [3.63, 3.8) is 0 Å². The largest absolute Gasteiger partial charge is 0.493 e. The highest BCUT2D eigenvalue weighted by Crippen LogP contribution is 2.33. The van der Waals surface area contributed by atoms with E-state index in [4.69, 9.17) is 14.7 Å².